The van der Waals surface area contributed by atoms with Gasteiger partial charge in [-0.2, -0.15) is 0 Å². The highest BCUT2D eigenvalue weighted by molar-refractivity contribution is 5.71. The largest absolute Gasteiger partial charge is 0.462 e. The maximum atomic E-state index is 12.7. The zero-order valence-electron chi connectivity index (χ0n) is 36.4. The van der Waals surface area contributed by atoms with Gasteiger partial charge >= 0.3 is 17.9 Å². The molecular formula is C49H88O6. The van der Waals surface area contributed by atoms with E-state index in [4.69, 9.17) is 14.2 Å². The van der Waals surface area contributed by atoms with E-state index in [1.165, 1.54) is 128 Å². The summed E-state index contributed by atoms with van der Waals surface area (Å²) in [7, 11) is 0. The molecule has 0 aliphatic carbocycles. The smallest absolute Gasteiger partial charge is 0.306 e. The van der Waals surface area contributed by atoms with Crippen molar-refractivity contribution in [3.8, 4) is 0 Å². The molecule has 0 aliphatic rings. The number of carbonyl (C=O) groups excluding carboxylic acids is 3. The van der Waals surface area contributed by atoms with Crippen molar-refractivity contribution in [2.75, 3.05) is 13.2 Å². The molecule has 0 heterocycles. The lowest BCUT2D eigenvalue weighted by molar-refractivity contribution is -0.167. The van der Waals surface area contributed by atoms with Crippen molar-refractivity contribution in [3.05, 3.63) is 36.5 Å². The minimum Gasteiger partial charge on any atom is -0.462 e. The number of esters is 3. The zero-order chi connectivity index (χ0) is 40.1. The van der Waals surface area contributed by atoms with E-state index in [0.717, 1.165) is 70.6 Å². The standard InChI is InChI=1S/C49H88O6/c1-4-7-10-13-16-19-22-24-25-26-28-30-33-36-39-42-48(51)54-45-46(44-53-47(50)41-38-35-32-29-21-18-15-12-9-6-3)55-49(52)43-40-37-34-31-27-23-20-17-14-11-8-5-2/h16,19,24-25,28,30,46H,4-15,17-18,20-23,26-27,29,31-45H2,1-3H3/b19-16-,25-24-,30-28-/t46-/m1/s1. The predicted octanol–water partition coefficient (Wildman–Crippen LogP) is 15.0. The van der Waals surface area contributed by atoms with Gasteiger partial charge in [-0.1, -0.05) is 198 Å². The summed E-state index contributed by atoms with van der Waals surface area (Å²) >= 11 is 0. The molecule has 0 fully saturated rings. The van der Waals surface area contributed by atoms with Crippen molar-refractivity contribution in [2.45, 2.75) is 245 Å². The highest BCUT2D eigenvalue weighted by Crippen LogP contribution is 2.15. The van der Waals surface area contributed by atoms with Gasteiger partial charge < -0.3 is 14.2 Å². The Balaban J connectivity index is 4.41. The average molecular weight is 773 g/mol. The molecule has 0 N–H and O–H groups in total. The van der Waals surface area contributed by atoms with Gasteiger partial charge in [0.2, 0.25) is 0 Å². The molecule has 0 spiro atoms. The fourth-order valence-corrected chi connectivity index (χ4v) is 6.57. The molecule has 0 unspecified atom stereocenters. The Labute approximate surface area is 340 Å². The topological polar surface area (TPSA) is 78.9 Å². The maximum Gasteiger partial charge on any atom is 0.306 e. The quantitative estimate of drug-likeness (QED) is 0.0266. The number of hydrogen-bond acceptors (Lipinski definition) is 6. The van der Waals surface area contributed by atoms with Crippen molar-refractivity contribution in [3.63, 3.8) is 0 Å². The van der Waals surface area contributed by atoms with Gasteiger partial charge in [0, 0.05) is 19.3 Å². The second-order valence-corrected chi connectivity index (χ2v) is 15.7. The zero-order valence-corrected chi connectivity index (χ0v) is 36.4. The second-order valence-electron chi connectivity index (χ2n) is 15.7. The number of hydrogen-bond donors (Lipinski definition) is 0. The van der Waals surface area contributed by atoms with E-state index in [-0.39, 0.29) is 31.1 Å². The van der Waals surface area contributed by atoms with Crippen molar-refractivity contribution < 1.29 is 28.6 Å². The minimum atomic E-state index is -0.780. The van der Waals surface area contributed by atoms with E-state index in [1.54, 1.807) is 0 Å². The van der Waals surface area contributed by atoms with E-state index in [0.29, 0.717) is 19.3 Å². The van der Waals surface area contributed by atoms with Crippen LogP contribution in [-0.2, 0) is 28.6 Å². The molecule has 6 nitrogen and oxygen atoms in total. The molecule has 0 aromatic rings. The Morgan fingerprint density at radius 2 is 0.655 bits per heavy atom. The summed E-state index contributed by atoms with van der Waals surface area (Å²) in [5.74, 6) is -0.918. The van der Waals surface area contributed by atoms with Crippen LogP contribution in [0.25, 0.3) is 0 Å². The van der Waals surface area contributed by atoms with Crippen LogP contribution in [0.3, 0.4) is 0 Å². The molecule has 6 heteroatoms. The monoisotopic (exact) mass is 773 g/mol. The van der Waals surface area contributed by atoms with E-state index in [2.05, 4.69) is 57.2 Å². The lowest BCUT2D eigenvalue weighted by atomic mass is 10.0. The van der Waals surface area contributed by atoms with Crippen molar-refractivity contribution in [1.82, 2.24) is 0 Å². The molecule has 0 saturated heterocycles. The summed E-state index contributed by atoms with van der Waals surface area (Å²) in [4.78, 5) is 37.7. The van der Waals surface area contributed by atoms with Crippen LogP contribution in [0, 0.1) is 0 Å². The summed E-state index contributed by atoms with van der Waals surface area (Å²) in [6.07, 6.45) is 49.8. The SMILES string of the molecule is CCCCC/C=C\C/C=C\C/C=C\CCCCC(=O)OC[C@@H](COC(=O)CCCCCCCCCCCC)OC(=O)CCCCCCCCCCCCCC. The van der Waals surface area contributed by atoms with Crippen LogP contribution >= 0.6 is 0 Å². The third-order valence-electron chi connectivity index (χ3n) is 10.1. The molecule has 1 atom stereocenters. The molecule has 0 aromatic carbocycles. The number of unbranched alkanes of at least 4 members (excludes halogenated alkanes) is 25. The van der Waals surface area contributed by atoms with Gasteiger partial charge in [0.25, 0.3) is 0 Å². The van der Waals surface area contributed by atoms with Gasteiger partial charge in [-0.05, 0) is 57.8 Å². The van der Waals surface area contributed by atoms with Crippen LogP contribution in [-0.4, -0.2) is 37.2 Å². The molecule has 0 saturated carbocycles. The van der Waals surface area contributed by atoms with Crippen LogP contribution in [0.1, 0.15) is 239 Å². The van der Waals surface area contributed by atoms with Gasteiger partial charge in [-0.25, -0.2) is 0 Å². The lowest BCUT2D eigenvalue weighted by Gasteiger charge is -2.18. The number of rotatable bonds is 42. The Morgan fingerprint density at radius 3 is 1.05 bits per heavy atom. The first-order chi connectivity index (χ1) is 27.0. The first kappa shape index (κ1) is 52.6. The van der Waals surface area contributed by atoms with E-state index in [9.17, 15) is 14.4 Å². The highest BCUT2D eigenvalue weighted by atomic mass is 16.6. The summed E-state index contributed by atoms with van der Waals surface area (Å²) in [5.41, 5.74) is 0. The van der Waals surface area contributed by atoms with Crippen LogP contribution < -0.4 is 0 Å². The third kappa shape index (κ3) is 42.6. The first-order valence-electron chi connectivity index (χ1n) is 23.5. The van der Waals surface area contributed by atoms with Crippen LogP contribution in [0.15, 0.2) is 36.5 Å². The lowest BCUT2D eigenvalue weighted by Crippen LogP contribution is -2.30. The molecule has 0 bridgehead atoms. The van der Waals surface area contributed by atoms with Gasteiger partial charge in [0.15, 0.2) is 6.10 Å². The number of ether oxygens (including phenoxy) is 3. The minimum absolute atomic E-state index is 0.0808. The van der Waals surface area contributed by atoms with Gasteiger partial charge in [0.1, 0.15) is 13.2 Å². The molecule has 0 aromatic heterocycles. The summed E-state index contributed by atoms with van der Waals surface area (Å²) in [6, 6.07) is 0. The first-order valence-corrected chi connectivity index (χ1v) is 23.5. The normalized spacial score (nSPS) is 12.3. The average Bonchev–Trinajstić information content (AvgIpc) is 3.18. The molecule has 0 aliphatic heterocycles. The van der Waals surface area contributed by atoms with Gasteiger partial charge in [-0.15, -0.1) is 0 Å². The van der Waals surface area contributed by atoms with Crippen molar-refractivity contribution >= 4 is 17.9 Å². The summed E-state index contributed by atoms with van der Waals surface area (Å²) in [5, 5.41) is 0. The highest BCUT2D eigenvalue weighted by Gasteiger charge is 2.19. The number of allylic oxidation sites excluding steroid dienone is 6. The predicted molar refractivity (Wildman–Crippen MR) is 233 cm³/mol. The molecule has 0 radical (unpaired) electrons. The Morgan fingerprint density at radius 1 is 0.364 bits per heavy atom. The summed E-state index contributed by atoms with van der Waals surface area (Å²) in [6.45, 7) is 6.56. The molecule has 55 heavy (non-hydrogen) atoms. The van der Waals surface area contributed by atoms with Crippen molar-refractivity contribution in [2.24, 2.45) is 0 Å². The fourth-order valence-electron chi connectivity index (χ4n) is 6.57. The van der Waals surface area contributed by atoms with Crippen molar-refractivity contribution in [1.29, 1.82) is 0 Å². The maximum absolute atomic E-state index is 12.7. The third-order valence-corrected chi connectivity index (χ3v) is 10.1. The van der Waals surface area contributed by atoms with Crippen LogP contribution in [0.4, 0.5) is 0 Å². The molecule has 0 amide bonds. The molecule has 320 valence electrons. The molecule has 0 rings (SSSR count). The van der Waals surface area contributed by atoms with Gasteiger partial charge in [0.05, 0.1) is 0 Å². The van der Waals surface area contributed by atoms with Crippen LogP contribution in [0.2, 0.25) is 0 Å². The van der Waals surface area contributed by atoms with Crippen LogP contribution in [0.5, 0.6) is 0 Å². The Hall–Kier alpha value is -2.37. The second kappa shape index (κ2) is 44.3. The Kier molecular flexibility index (Phi) is 42.4. The fraction of sp³-hybridized carbons (Fsp3) is 0.816. The van der Waals surface area contributed by atoms with E-state index >= 15 is 0 Å². The van der Waals surface area contributed by atoms with E-state index < -0.39 is 6.10 Å². The van der Waals surface area contributed by atoms with Gasteiger partial charge in [-0.3, -0.25) is 14.4 Å². The molecular weight excluding hydrogens is 685 g/mol. The van der Waals surface area contributed by atoms with E-state index in [1.807, 2.05) is 0 Å². The Bertz CT molecular complexity index is 938. The number of carbonyl (C=O) groups is 3. The summed E-state index contributed by atoms with van der Waals surface area (Å²) < 4.78 is 16.7.